The van der Waals surface area contributed by atoms with Gasteiger partial charge in [0.15, 0.2) is 0 Å². The summed E-state index contributed by atoms with van der Waals surface area (Å²) in [5.74, 6) is -0.127. The number of amides is 1. The van der Waals surface area contributed by atoms with Crippen LogP contribution in [0.5, 0.6) is 0 Å². The van der Waals surface area contributed by atoms with E-state index in [1.165, 1.54) is 5.56 Å². The topological polar surface area (TPSA) is 29.1 Å². The molecule has 0 aliphatic carbocycles. The first-order valence-corrected chi connectivity index (χ1v) is 7.54. The summed E-state index contributed by atoms with van der Waals surface area (Å²) in [6.45, 7) is 2.10. The van der Waals surface area contributed by atoms with E-state index < -0.39 is 0 Å². The molecule has 0 aromatic heterocycles. The highest BCUT2D eigenvalue weighted by Crippen LogP contribution is 2.25. The van der Waals surface area contributed by atoms with Crippen LogP contribution in [0, 0.1) is 0 Å². The molecule has 0 heterocycles. The third-order valence-electron chi connectivity index (χ3n) is 2.81. The van der Waals surface area contributed by atoms with Crippen molar-refractivity contribution in [2.45, 2.75) is 13.3 Å². The predicted molar refractivity (Wildman–Crippen MR) is 85.6 cm³/mol. The molecule has 2 nitrogen and oxygen atoms in total. The van der Waals surface area contributed by atoms with Gasteiger partial charge in [0.25, 0.3) is 5.91 Å². The lowest BCUT2D eigenvalue weighted by Crippen LogP contribution is -2.12. The van der Waals surface area contributed by atoms with Crippen LogP contribution < -0.4 is 5.32 Å². The van der Waals surface area contributed by atoms with Crippen LogP contribution in [0.2, 0.25) is 0 Å². The fraction of sp³-hybridized carbons (Fsp3) is 0.133. The Morgan fingerprint density at radius 2 is 1.84 bits per heavy atom. The molecule has 98 valence electrons. The molecule has 0 atom stereocenters. The minimum Gasteiger partial charge on any atom is -0.321 e. The Morgan fingerprint density at radius 1 is 1.11 bits per heavy atom. The first kappa shape index (κ1) is 14.3. The average molecular weight is 383 g/mol. The molecule has 0 saturated carbocycles. The molecule has 0 spiro atoms. The molecular formula is C15H13Br2NO. The number of carbonyl (C=O) groups excluding carboxylic acids is 1. The van der Waals surface area contributed by atoms with Crippen molar-refractivity contribution in [3.05, 3.63) is 62.5 Å². The number of rotatable bonds is 3. The van der Waals surface area contributed by atoms with Gasteiger partial charge in [0.05, 0.1) is 11.3 Å². The van der Waals surface area contributed by atoms with E-state index in [-0.39, 0.29) is 5.91 Å². The molecule has 0 unspecified atom stereocenters. The van der Waals surface area contributed by atoms with Gasteiger partial charge in [-0.1, -0.05) is 25.1 Å². The molecule has 2 rings (SSSR count). The Labute approximate surface area is 129 Å². The third-order valence-corrected chi connectivity index (χ3v) is 4.16. The number of hydrogen-bond acceptors (Lipinski definition) is 1. The van der Waals surface area contributed by atoms with Gasteiger partial charge < -0.3 is 5.32 Å². The van der Waals surface area contributed by atoms with E-state index >= 15 is 0 Å². The molecule has 4 heteroatoms. The van der Waals surface area contributed by atoms with Crippen LogP contribution in [0.1, 0.15) is 22.8 Å². The molecule has 0 fully saturated rings. The Balaban J connectivity index is 2.22. The Bertz CT molecular complexity index is 611. The zero-order chi connectivity index (χ0) is 13.8. The zero-order valence-electron chi connectivity index (χ0n) is 10.4. The predicted octanol–water partition coefficient (Wildman–Crippen LogP) is 5.03. The van der Waals surface area contributed by atoms with Crippen LogP contribution in [0.4, 0.5) is 5.69 Å². The molecule has 2 aromatic rings. The maximum absolute atomic E-state index is 12.2. The van der Waals surface area contributed by atoms with Gasteiger partial charge in [0.1, 0.15) is 0 Å². The monoisotopic (exact) mass is 381 g/mol. The van der Waals surface area contributed by atoms with Gasteiger partial charge in [0.2, 0.25) is 0 Å². The summed E-state index contributed by atoms with van der Waals surface area (Å²) in [7, 11) is 0. The lowest BCUT2D eigenvalue weighted by atomic mass is 10.1. The summed E-state index contributed by atoms with van der Waals surface area (Å²) in [4.78, 5) is 12.2. The van der Waals surface area contributed by atoms with Crippen molar-refractivity contribution >= 4 is 43.5 Å². The molecule has 0 bridgehead atoms. The number of benzene rings is 2. The molecule has 19 heavy (non-hydrogen) atoms. The zero-order valence-corrected chi connectivity index (χ0v) is 13.6. The Hall–Kier alpha value is -1.13. The van der Waals surface area contributed by atoms with Crippen molar-refractivity contribution in [3.63, 3.8) is 0 Å². The molecule has 0 saturated heterocycles. The summed E-state index contributed by atoms with van der Waals surface area (Å²) in [6, 6.07) is 13.3. The number of hydrogen-bond donors (Lipinski definition) is 1. The maximum Gasteiger partial charge on any atom is 0.256 e. The molecule has 1 amide bonds. The van der Waals surface area contributed by atoms with Crippen molar-refractivity contribution in [2.75, 3.05) is 5.32 Å². The number of halogens is 2. The minimum atomic E-state index is -0.127. The van der Waals surface area contributed by atoms with Gasteiger partial charge in [-0.2, -0.15) is 0 Å². The van der Waals surface area contributed by atoms with Gasteiger partial charge in [-0.05, 0) is 68.1 Å². The van der Waals surface area contributed by atoms with Crippen LogP contribution in [-0.4, -0.2) is 5.91 Å². The van der Waals surface area contributed by atoms with Crippen molar-refractivity contribution in [1.82, 2.24) is 0 Å². The van der Waals surface area contributed by atoms with Crippen LogP contribution in [-0.2, 0) is 6.42 Å². The van der Waals surface area contributed by atoms with Crippen molar-refractivity contribution in [3.8, 4) is 0 Å². The van der Waals surface area contributed by atoms with E-state index in [4.69, 9.17) is 0 Å². The minimum absolute atomic E-state index is 0.127. The highest BCUT2D eigenvalue weighted by Gasteiger charge is 2.11. The van der Waals surface area contributed by atoms with E-state index in [9.17, 15) is 4.79 Å². The smallest absolute Gasteiger partial charge is 0.256 e. The number of anilines is 1. The van der Waals surface area contributed by atoms with E-state index in [0.29, 0.717) is 5.56 Å². The highest BCUT2D eigenvalue weighted by molar-refractivity contribution is 9.11. The van der Waals surface area contributed by atoms with Gasteiger partial charge in [-0.3, -0.25) is 4.79 Å². The largest absolute Gasteiger partial charge is 0.321 e. The standard InChI is InChI=1S/C15H13Br2NO/c1-2-10-7-8-14(13(17)9-10)18-15(19)11-5-3-4-6-12(11)16/h3-9H,2H2,1H3,(H,18,19). The molecular weight excluding hydrogens is 370 g/mol. The van der Waals surface area contributed by atoms with E-state index in [2.05, 4.69) is 44.1 Å². The molecule has 1 N–H and O–H groups in total. The summed E-state index contributed by atoms with van der Waals surface area (Å²) >= 11 is 6.86. The third kappa shape index (κ3) is 3.45. The SMILES string of the molecule is CCc1ccc(NC(=O)c2ccccc2Br)c(Br)c1. The normalized spacial score (nSPS) is 10.3. The summed E-state index contributed by atoms with van der Waals surface area (Å²) in [6.07, 6.45) is 0.969. The van der Waals surface area contributed by atoms with Gasteiger partial charge >= 0.3 is 0 Å². The van der Waals surface area contributed by atoms with Crippen molar-refractivity contribution in [2.24, 2.45) is 0 Å². The lowest BCUT2D eigenvalue weighted by Gasteiger charge is -2.09. The van der Waals surface area contributed by atoms with Gasteiger partial charge in [-0.15, -0.1) is 0 Å². The van der Waals surface area contributed by atoms with Crippen LogP contribution in [0.25, 0.3) is 0 Å². The molecule has 0 aliphatic heterocycles. The van der Waals surface area contributed by atoms with Crippen molar-refractivity contribution < 1.29 is 4.79 Å². The lowest BCUT2D eigenvalue weighted by molar-refractivity contribution is 0.102. The number of nitrogens with one attached hydrogen (secondary N) is 1. The number of aryl methyl sites for hydroxylation is 1. The first-order valence-electron chi connectivity index (χ1n) is 5.96. The molecule has 2 aromatic carbocycles. The highest BCUT2D eigenvalue weighted by atomic mass is 79.9. The summed E-state index contributed by atoms with van der Waals surface area (Å²) in [5.41, 5.74) is 2.62. The van der Waals surface area contributed by atoms with Crippen LogP contribution >= 0.6 is 31.9 Å². The van der Waals surface area contributed by atoms with E-state index in [0.717, 1.165) is 21.1 Å². The summed E-state index contributed by atoms with van der Waals surface area (Å²) < 4.78 is 1.68. The van der Waals surface area contributed by atoms with Crippen LogP contribution in [0.15, 0.2) is 51.4 Å². The van der Waals surface area contributed by atoms with Gasteiger partial charge in [-0.25, -0.2) is 0 Å². The fourth-order valence-electron chi connectivity index (χ4n) is 1.71. The Kier molecular flexibility index (Phi) is 4.77. The van der Waals surface area contributed by atoms with Crippen LogP contribution in [0.3, 0.4) is 0 Å². The second-order valence-electron chi connectivity index (χ2n) is 4.10. The van der Waals surface area contributed by atoms with E-state index in [1.54, 1.807) is 6.07 Å². The fourth-order valence-corrected chi connectivity index (χ4v) is 2.71. The maximum atomic E-state index is 12.2. The molecule has 0 radical (unpaired) electrons. The second kappa shape index (κ2) is 6.35. The van der Waals surface area contributed by atoms with Crippen molar-refractivity contribution in [1.29, 1.82) is 0 Å². The number of carbonyl (C=O) groups is 1. The first-order chi connectivity index (χ1) is 9.11. The second-order valence-corrected chi connectivity index (χ2v) is 5.81. The molecule has 0 aliphatic rings. The quantitative estimate of drug-likeness (QED) is 0.792. The van der Waals surface area contributed by atoms with E-state index in [1.807, 2.05) is 36.4 Å². The van der Waals surface area contributed by atoms with Gasteiger partial charge in [0, 0.05) is 8.95 Å². The summed E-state index contributed by atoms with van der Waals surface area (Å²) in [5, 5.41) is 2.90. The average Bonchev–Trinajstić information content (AvgIpc) is 2.41. The Morgan fingerprint density at radius 3 is 2.47 bits per heavy atom.